The summed E-state index contributed by atoms with van der Waals surface area (Å²) in [4.78, 5) is 14.6. The Bertz CT molecular complexity index is 599. The molecule has 1 aromatic carbocycles. The van der Waals surface area contributed by atoms with E-state index in [0.29, 0.717) is 11.3 Å². The average molecular weight is 247 g/mol. The fraction of sp³-hybridized carbons (Fsp3) is 0.0769. The fourth-order valence-electron chi connectivity index (χ4n) is 1.56. The van der Waals surface area contributed by atoms with Gasteiger partial charge in [0.15, 0.2) is 0 Å². The summed E-state index contributed by atoms with van der Waals surface area (Å²) < 4.78 is 18.8. The minimum atomic E-state index is -1.16. The number of carboxylic acids is 1. The molecule has 0 spiro atoms. The summed E-state index contributed by atoms with van der Waals surface area (Å²) in [5, 5.41) is 8.75. The minimum absolute atomic E-state index is 0.0906. The quantitative estimate of drug-likeness (QED) is 0.905. The summed E-state index contributed by atoms with van der Waals surface area (Å²) in [6.45, 7) is 0. The largest absolute Gasteiger partial charge is 0.495 e. The maximum Gasteiger partial charge on any atom is 0.335 e. The Hall–Kier alpha value is -2.43. The third-order valence-electron chi connectivity index (χ3n) is 2.48. The number of benzene rings is 1. The van der Waals surface area contributed by atoms with Gasteiger partial charge in [-0.25, -0.2) is 9.18 Å². The molecule has 0 saturated heterocycles. The summed E-state index contributed by atoms with van der Waals surface area (Å²) in [5.74, 6) is -1.26. The third kappa shape index (κ3) is 2.29. The molecule has 0 radical (unpaired) electrons. The van der Waals surface area contributed by atoms with Gasteiger partial charge in [-0.2, -0.15) is 0 Å². The van der Waals surface area contributed by atoms with Crippen LogP contribution in [0.3, 0.4) is 0 Å². The Balaban J connectivity index is 2.47. The maximum absolute atomic E-state index is 13.8. The number of aromatic nitrogens is 1. The Morgan fingerprint density at radius 1 is 1.33 bits per heavy atom. The number of hydrogen-bond acceptors (Lipinski definition) is 3. The van der Waals surface area contributed by atoms with Gasteiger partial charge in [0.25, 0.3) is 0 Å². The summed E-state index contributed by atoms with van der Waals surface area (Å²) >= 11 is 0. The van der Waals surface area contributed by atoms with Crippen LogP contribution in [0.2, 0.25) is 0 Å². The number of pyridine rings is 1. The second-order valence-electron chi connectivity index (χ2n) is 3.61. The van der Waals surface area contributed by atoms with E-state index >= 15 is 0 Å². The molecule has 1 aromatic heterocycles. The van der Waals surface area contributed by atoms with E-state index in [1.807, 2.05) is 0 Å². The van der Waals surface area contributed by atoms with Crippen LogP contribution in [0.5, 0.6) is 5.75 Å². The van der Waals surface area contributed by atoms with Crippen LogP contribution in [-0.2, 0) is 0 Å². The first kappa shape index (κ1) is 12.0. The molecule has 0 aliphatic rings. The average Bonchev–Trinajstić information content (AvgIpc) is 2.38. The number of carbonyl (C=O) groups is 1. The SMILES string of the molecule is COc1cncc(-c2ccc(C(=O)O)cc2F)c1. The highest BCUT2D eigenvalue weighted by Crippen LogP contribution is 2.25. The number of halogens is 1. The van der Waals surface area contributed by atoms with Crippen molar-refractivity contribution in [1.29, 1.82) is 0 Å². The van der Waals surface area contributed by atoms with Crippen molar-refractivity contribution in [1.82, 2.24) is 4.98 Å². The topological polar surface area (TPSA) is 59.4 Å². The van der Waals surface area contributed by atoms with Crippen LogP contribution >= 0.6 is 0 Å². The van der Waals surface area contributed by atoms with E-state index < -0.39 is 11.8 Å². The zero-order valence-electron chi connectivity index (χ0n) is 9.55. The normalized spacial score (nSPS) is 10.1. The molecule has 2 aromatic rings. The minimum Gasteiger partial charge on any atom is -0.495 e. The number of methoxy groups -OCH3 is 1. The number of hydrogen-bond donors (Lipinski definition) is 1. The van der Waals surface area contributed by atoms with Gasteiger partial charge in [0.1, 0.15) is 11.6 Å². The van der Waals surface area contributed by atoms with Gasteiger partial charge >= 0.3 is 5.97 Å². The Labute approximate surface area is 103 Å². The molecule has 1 heterocycles. The van der Waals surface area contributed by atoms with Crippen molar-refractivity contribution in [3.63, 3.8) is 0 Å². The van der Waals surface area contributed by atoms with Crippen molar-refractivity contribution in [3.05, 3.63) is 48.0 Å². The van der Waals surface area contributed by atoms with Crippen molar-refractivity contribution in [2.45, 2.75) is 0 Å². The van der Waals surface area contributed by atoms with Crippen LogP contribution < -0.4 is 4.74 Å². The molecule has 92 valence electrons. The molecule has 0 atom stereocenters. The Morgan fingerprint density at radius 3 is 2.72 bits per heavy atom. The zero-order valence-corrected chi connectivity index (χ0v) is 9.55. The van der Waals surface area contributed by atoms with E-state index in [1.165, 1.54) is 31.6 Å². The van der Waals surface area contributed by atoms with Gasteiger partial charge in [-0.1, -0.05) is 6.07 Å². The highest BCUT2D eigenvalue weighted by atomic mass is 19.1. The zero-order chi connectivity index (χ0) is 13.1. The van der Waals surface area contributed by atoms with Gasteiger partial charge < -0.3 is 9.84 Å². The standard InChI is InChI=1S/C13H10FNO3/c1-18-10-4-9(6-15-7-10)11-3-2-8(13(16)17)5-12(11)14/h2-7H,1H3,(H,16,17). The van der Waals surface area contributed by atoms with E-state index in [9.17, 15) is 9.18 Å². The lowest BCUT2D eigenvalue weighted by Gasteiger charge is -2.06. The van der Waals surface area contributed by atoms with Crippen molar-refractivity contribution in [3.8, 4) is 16.9 Å². The van der Waals surface area contributed by atoms with Crippen LogP contribution in [0.15, 0.2) is 36.7 Å². The number of rotatable bonds is 3. The highest BCUT2D eigenvalue weighted by Gasteiger charge is 2.10. The van der Waals surface area contributed by atoms with Crippen LogP contribution in [0.1, 0.15) is 10.4 Å². The van der Waals surface area contributed by atoms with E-state index in [4.69, 9.17) is 9.84 Å². The monoisotopic (exact) mass is 247 g/mol. The summed E-state index contributed by atoms with van der Waals surface area (Å²) in [5.41, 5.74) is 0.724. The lowest BCUT2D eigenvalue weighted by Crippen LogP contribution is -1.98. The number of aromatic carboxylic acids is 1. The van der Waals surface area contributed by atoms with E-state index in [1.54, 1.807) is 6.07 Å². The molecule has 1 N–H and O–H groups in total. The Morgan fingerprint density at radius 2 is 2.11 bits per heavy atom. The van der Waals surface area contributed by atoms with Gasteiger partial charge in [-0.05, 0) is 18.2 Å². The van der Waals surface area contributed by atoms with Gasteiger partial charge in [0.2, 0.25) is 0 Å². The highest BCUT2D eigenvalue weighted by molar-refractivity contribution is 5.88. The van der Waals surface area contributed by atoms with Gasteiger partial charge in [-0.15, -0.1) is 0 Å². The molecule has 4 nitrogen and oxygen atoms in total. The molecule has 0 fully saturated rings. The predicted molar refractivity (Wildman–Crippen MR) is 63.1 cm³/mol. The molecular formula is C13H10FNO3. The second-order valence-corrected chi connectivity index (χ2v) is 3.61. The molecule has 0 unspecified atom stereocenters. The van der Waals surface area contributed by atoms with Crippen LogP contribution in [0, 0.1) is 5.82 Å². The molecule has 0 aliphatic heterocycles. The van der Waals surface area contributed by atoms with Crippen LogP contribution in [0.25, 0.3) is 11.1 Å². The fourth-order valence-corrected chi connectivity index (χ4v) is 1.56. The molecule has 2 rings (SSSR count). The lowest BCUT2D eigenvalue weighted by molar-refractivity contribution is 0.0696. The molecule has 5 heteroatoms. The first-order chi connectivity index (χ1) is 8.61. The van der Waals surface area contributed by atoms with E-state index in [0.717, 1.165) is 6.07 Å². The van der Waals surface area contributed by atoms with Gasteiger partial charge in [-0.3, -0.25) is 4.98 Å². The van der Waals surface area contributed by atoms with E-state index in [2.05, 4.69) is 4.98 Å². The maximum atomic E-state index is 13.8. The first-order valence-electron chi connectivity index (χ1n) is 5.14. The molecule has 18 heavy (non-hydrogen) atoms. The Kier molecular flexibility index (Phi) is 3.23. The van der Waals surface area contributed by atoms with E-state index in [-0.39, 0.29) is 11.1 Å². The lowest BCUT2D eigenvalue weighted by atomic mass is 10.0. The van der Waals surface area contributed by atoms with Crippen LogP contribution in [-0.4, -0.2) is 23.2 Å². The number of nitrogens with zero attached hydrogens (tertiary/aromatic N) is 1. The summed E-state index contributed by atoms with van der Waals surface area (Å²) in [6.07, 6.45) is 2.99. The number of ether oxygens (including phenoxy) is 1. The van der Waals surface area contributed by atoms with Crippen LogP contribution in [0.4, 0.5) is 4.39 Å². The molecular weight excluding hydrogens is 237 g/mol. The van der Waals surface area contributed by atoms with Crippen molar-refractivity contribution >= 4 is 5.97 Å². The van der Waals surface area contributed by atoms with Crippen molar-refractivity contribution in [2.75, 3.05) is 7.11 Å². The summed E-state index contributed by atoms with van der Waals surface area (Å²) in [7, 11) is 1.49. The molecule has 0 saturated carbocycles. The molecule has 0 amide bonds. The third-order valence-corrected chi connectivity index (χ3v) is 2.48. The smallest absolute Gasteiger partial charge is 0.335 e. The molecule has 0 bridgehead atoms. The van der Waals surface area contributed by atoms with Gasteiger partial charge in [0.05, 0.1) is 18.9 Å². The van der Waals surface area contributed by atoms with Gasteiger partial charge in [0, 0.05) is 17.3 Å². The predicted octanol–water partition coefficient (Wildman–Crippen LogP) is 2.59. The number of carboxylic acid groups (broad SMARTS) is 1. The van der Waals surface area contributed by atoms with Crippen molar-refractivity contribution in [2.24, 2.45) is 0 Å². The van der Waals surface area contributed by atoms with Crippen molar-refractivity contribution < 1.29 is 19.0 Å². The summed E-state index contributed by atoms with van der Waals surface area (Å²) in [6, 6.07) is 5.37. The molecule has 0 aliphatic carbocycles. The second kappa shape index (κ2) is 4.83. The first-order valence-corrected chi connectivity index (χ1v) is 5.14.